The first-order valence-corrected chi connectivity index (χ1v) is 11.2. The molecule has 0 unspecified atom stereocenters. The molecule has 0 atom stereocenters. The van der Waals surface area contributed by atoms with E-state index in [-0.39, 0.29) is 23.8 Å². The summed E-state index contributed by atoms with van der Waals surface area (Å²) >= 11 is 0. The highest BCUT2D eigenvalue weighted by atomic mass is 16.2. The van der Waals surface area contributed by atoms with Crippen LogP contribution in [-0.2, 0) is 16.0 Å². The Morgan fingerprint density at radius 3 is 2.53 bits per heavy atom. The molecule has 7 nitrogen and oxygen atoms in total. The summed E-state index contributed by atoms with van der Waals surface area (Å²) < 4.78 is 0. The van der Waals surface area contributed by atoms with Gasteiger partial charge in [-0.1, -0.05) is 33.3 Å². The van der Waals surface area contributed by atoms with E-state index in [4.69, 9.17) is 0 Å². The summed E-state index contributed by atoms with van der Waals surface area (Å²) in [4.78, 5) is 48.5. The number of imide groups is 1. The minimum atomic E-state index is -0.785. The average Bonchev–Trinajstić information content (AvgIpc) is 2.93. The molecule has 0 saturated carbocycles. The van der Waals surface area contributed by atoms with Gasteiger partial charge in [0.1, 0.15) is 5.54 Å². The number of amides is 4. The smallest absolute Gasteiger partial charge is 0.327 e. The number of carbonyl (C=O) groups excluding carboxylic acids is 3. The van der Waals surface area contributed by atoms with E-state index in [1.807, 2.05) is 23.1 Å². The number of urea groups is 1. The van der Waals surface area contributed by atoms with Gasteiger partial charge in [-0.3, -0.25) is 19.5 Å². The normalized spacial score (nSPS) is 18.7. The second-order valence-corrected chi connectivity index (χ2v) is 8.83. The van der Waals surface area contributed by atoms with Gasteiger partial charge in [0.25, 0.3) is 5.91 Å². The van der Waals surface area contributed by atoms with Crippen LogP contribution in [0.4, 0.5) is 4.79 Å². The fourth-order valence-electron chi connectivity index (χ4n) is 4.46. The van der Waals surface area contributed by atoms with E-state index >= 15 is 0 Å². The number of hydrogen-bond donors (Lipinski definition) is 0. The fraction of sp³-hybridized carbons (Fsp3) is 0.652. The van der Waals surface area contributed by atoms with Gasteiger partial charge in [-0.2, -0.15) is 0 Å². The van der Waals surface area contributed by atoms with Gasteiger partial charge in [-0.15, -0.1) is 0 Å². The molecule has 0 aliphatic carbocycles. The van der Waals surface area contributed by atoms with Gasteiger partial charge in [0.15, 0.2) is 0 Å². The Bertz CT molecular complexity index is 757. The number of piperidine rings is 1. The van der Waals surface area contributed by atoms with Crippen LogP contribution < -0.4 is 0 Å². The fourth-order valence-corrected chi connectivity index (χ4v) is 4.46. The third-order valence-corrected chi connectivity index (χ3v) is 6.17. The lowest BCUT2D eigenvalue weighted by atomic mass is 9.85. The Morgan fingerprint density at radius 2 is 1.93 bits per heavy atom. The van der Waals surface area contributed by atoms with Gasteiger partial charge in [-0.25, -0.2) is 4.79 Å². The summed E-state index contributed by atoms with van der Waals surface area (Å²) in [5, 5.41) is 0. The van der Waals surface area contributed by atoms with Gasteiger partial charge in [-0.05, 0) is 43.7 Å². The van der Waals surface area contributed by atoms with Crippen molar-refractivity contribution in [1.29, 1.82) is 0 Å². The summed E-state index contributed by atoms with van der Waals surface area (Å²) in [5.41, 5.74) is 0.123. The van der Waals surface area contributed by atoms with Gasteiger partial charge < -0.3 is 9.80 Å². The second-order valence-electron chi connectivity index (χ2n) is 8.83. The van der Waals surface area contributed by atoms with Gasteiger partial charge in [0.05, 0.1) is 0 Å². The lowest BCUT2D eigenvalue weighted by molar-refractivity contribution is -0.141. The number of likely N-dealkylation sites (tertiary alicyclic amines) is 1. The first kappa shape index (κ1) is 22.2. The highest BCUT2D eigenvalue weighted by molar-refractivity contribution is 6.07. The van der Waals surface area contributed by atoms with Crippen LogP contribution in [0.5, 0.6) is 0 Å². The number of pyridine rings is 1. The second kappa shape index (κ2) is 9.58. The zero-order chi connectivity index (χ0) is 21.7. The molecule has 0 bridgehead atoms. The number of nitrogens with zero attached hydrogens (tertiary/aromatic N) is 4. The standard InChI is InChI=1S/C23H34N4O3/c1-4-5-14-26-21(29)23(27(22(26)30)17-18(2)3)11-15-25(16-12-23)20(28)10-9-19-8-6-7-13-24-19/h6-8,13,18H,4-5,9-12,14-17H2,1-3H3. The largest absolute Gasteiger partial charge is 0.342 e. The predicted octanol–water partition coefficient (Wildman–Crippen LogP) is 3.10. The van der Waals surface area contributed by atoms with Gasteiger partial charge >= 0.3 is 6.03 Å². The Balaban J connectivity index is 1.66. The van der Waals surface area contributed by atoms with E-state index in [1.165, 1.54) is 4.90 Å². The van der Waals surface area contributed by atoms with Crippen LogP contribution >= 0.6 is 0 Å². The summed E-state index contributed by atoms with van der Waals surface area (Å²) in [6.45, 7) is 8.26. The van der Waals surface area contributed by atoms with Crippen molar-refractivity contribution < 1.29 is 14.4 Å². The molecule has 1 spiro atoms. The highest BCUT2D eigenvalue weighted by Gasteiger charge is 2.57. The van der Waals surface area contributed by atoms with Crippen molar-refractivity contribution in [2.75, 3.05) is 26.2 Å². The molecule has 4 amide bonds. The molecule has 3 rings (SSSR count). The monoisotopic (exact) mass is 414 g/mol. The predicted molar refractivity (Wildman–Crippen MR) is 115 cm³/mol. The van der Waals surface area contributed by atoms with E-state index in [2.05, 4.69) is 25.8 Å². The van der Waals surface area contributed by atoms with Crippen LogP contribution in [-0.4, -0.2) is 69.2 Å². The van der Waals surface area contributed by atoms with Crippen LogP contribution in [0.15, 0.2) is 24.4 Å². The average molecular weight is 415 g/mol. The van der Waals surface area contributed by atoms with E-state index in [0.717, 1.165) is 18.5 Å². The molecule has 0 radical (unpaired) electrons. The van der Waals surface area contributed by atoms with Crippen LogP contribution in [0, 0.1) is 5.92 Å². The van der Waals surface area contributed by atoms with Crippen molar-refractivity contribution in [3.63, 3.8) is 0 Å². The number of carbonyl (C=O) groups is 3. The molecule has 7 heteroatoms. The topological polar surface area (TPSA) is 73.8 Å². The van der Waals surface area contributed by atoms with E-state index in [9.17, 15) is 14.4 Å². The maximum absolute atomic E-state index is 13.3. The molecule has 1 aromatic heterocycles. The molecule has 2 fully saturated rings. The summed E-state index contributed by atoms with van der Waals surface area (Å²) in [6.07, 6.45) is 5.55. The van der Waals surface area contributed by atoms with Crippen molar-refractivity contribution in [1.82, 2.24) is 19.7 Å². The maximum atomic E-state index is 13.3. The molecule has 3 heterocycles. The minimum Gasteiger partial charge on any atom is -0.342 e. The van der Waals surface area contributed by atoms with E-state index in [0.29, 0.717) is 51.9 Å². The first-order valence-electron chi connectivity index (χ1n) is 11.2. The lowest BCUT2D eigenvalue weighted by Crippen LogP contribution is -2.58. The minimum absolute atomic E-state index is 0.0674. The third-order valence-electron chi connectivity index (χ3n) is 6.17. The molecular formula is C23H34N4O3. The lowest BCUT2D eigenvalue weighted by Gasteiger charge is -2.42. The number of rotatable bonds is 8. The Hall–Kier alpha value is -2.44. The van der Waals surface area contributed by atoms with Crippen molar-refractivity contribution in [3.05, 3.63) is 30.1 Å². The van der Waals surface area contributed by atoms with Gasteiger partial charge in [0, 0.05) is 44.5 Å². The molecule has 2 saturated heterocycles. The molecule has 1 aromatic rings. The number of aryl methyl sites for hydroxylation is 1. The van der Waals surface area contributed by atoms with Crippen LogP contribution in [0.25, 0.3) is 0 Å². The maximum Gasteiger partial charge on any atom is 0.327 e. The van der Waals surface area contributed by atoms with Crippen molar-refractivity contribution >= 4 is 17.8 Å². The summed E-state index contributed by atoms with van der Waals surface area (Å²) in [7, 11) is 0. The number of aromatic nitrogens is 1. The molecule has 2 aliphatic heterocycles. The molecular weight excluding hydrogens is 380 g/mol. The van der Waals surface area contributed by atoms with Crippen molar-refractivity contribution in [3.8, 4) is 0 Å². The number of unbranched alkanes of at least 4 members (excludes halogenated alkanes) is 1. The third kappa shape index (κ3) is 4.50. The Kier molecular flexibility index (Phi) is 7.10. The highest BCUT2D eigenvalue weighted by Crippen LogP contribution is 2.38. The quantitative estimate of drug-likeness (QED) is 0.613. The van der Waals surface area contributed by atoms with Crippen LogP contribution in [0.1, 0.15) is 58.6 Å². The molecule has 164 valence electrons. The zero-order valence-electron chi connectivity index (χ0n) is 18.5. The Morgan fingerprint density at radius 1 is 1.20 bits per heavy atom. The van der Waals surface area contributed by atoms with Crippen LogP contribution in [0.3, 0.4) is 0 Å². The van der Waals surface area contributed by atoms with Crippen LogP contribution in [0.2, 0.25) is 0 Å². The van der Waals surface area contributed by atoms with Gasteiger partial charge in [0.2, 0.25) is 5.91 Å². The molecule has 2 aliphatic rings. The number of hydrogen-bond acceptors (Lipinski definition) is 4. The summed E-state index contributed by atoms with van der Waals surface area (Å²) in [6, 6.07) is 5.56. The molecule has 30 heavy (non-hydrogen) atoms. The molecule has 0 aromatic carbocycles. The first-order chi connectivity index (χ1) is 14.4. The van der Waals surface area contributed by atoms with Crippen molar-refractivity contribution in [2.45, 2.75) is 64.8 Å². The zero-order valence-corrected chi connectivity index (χ0v) is 18.5. The molecule has 0 N–H and O–H groups in total. The Labute approximate surface area is 179 Å². The SMILES string of the molecule is CCCCN1C(=O)N(CC(C)C)C2(CCN(C(=O)CCc3ccccn3)CC2)C1=O. The van der Waals surface area contributed by atoms with Crippen molar-refractivity contribution in [2.24, 2.45) is 5.92 Å². The summed E-state index contributed by atoms with van der Waals surface area (Å²) in [5.74, 6) is 0.301. The van der Waals surface area contributed by atoms with E-state index < -0.39 is 5.54 Å². The van der Waals surface area contributed by atoms with E-state index in [1.54, 1.807) is 11.1 Å².